The molecule has 1 aromatic rings. The first-order chi connectivity index (χ1) is 7.69. The van der Waals surface area contributed by atoms with E-state index < -0.39 is 0 Å². The Hall–Kier alpha value is -1.06. The van der Waals surface area contributed by atoms with Crippen LogP contribution in [0.1, 0.15) is 18.1 Å². The maximum absolute atomic E-state index is 5.77. The van der Waals surface area contributed by atoms with Gasteiger partial charge in [0.15, 0.2) is 0 Å². The Morgan fingerprint density at radius 1 is 1.25 bits per heavy atom. The van der Waals surface area contributed by atoms with Crippen molar-refractivity contribution in [1.29, 1.82) is 0 Å². The van der Waals surface area contributed by atoms with Crippen LogP contribution in [0.3, 0.4) is 0 Å². The van der Waals surface area contributed by atoms with E-state index in [-0.39, 0.29) is 6.10 Å². The molecular formula is C13H21NO2. The van der Waals surface area contributed by atoms with E-state index in [0.29, 0.717) is 19.8 Å². The zero-order chi connectivity index (χ0) is 12.0. The molecule has 0 amide bonds. The molecule has 0 aliphatic carbocycles. The van der Waals surface area contributed by atoms with Gasteiger partial charge in [0, 0.05) is 13.2 Å². The molecule has 16 heavy (non-hydrogen) atoms. The van der Waals surface area contributed by atoms with Crippen molar-refractivity contribution in [3.8, 4) is 5.75 Å². The molecule has 0 heterocycles. The lowest BCUT2D eigenvalue weighted by Gasteiger charge is -2.18. The lowest BCUT2D eigenvalue weighted by atomic mass is 10.1. The molecule has 0 aliphatic rings. The minimum Gasteiger partial charge on any atom is -0.490 e. The number of benzene rings is 1. The molecule has 0 saturated heterocycles. The zero-order valence-corrected chi connectivity index (χ0v) is 10.3. The fourth-order valence-electron chi connectivity index (χ4n) is 1.62. The largest absolute Gasteiger partial charge is 0.490 e. The molecule has 90 valence electrons. The van der Waals surface area contributed by atoms with Gasteiger partial charge in [-0.25, -0.2) is 0 Å². The summed E-state index contributed by atoms with van der Waals surface area (Å²) in [6.45, 7) is 7.70. The summed E-state index contributed by atoms with van der Waals surface area (Å²) in [5.41, 5.74) is 7.89. The summed E-state index contributed by atoms with van der Waals surface area (Å²) in [6.07, 6.45) is -0.0241. The van der Waals surface area contributed by atoms with Gasteiger partial charge in [-0.2, -0.15) is 0 Å². The first-order valence-electron chi connectivity index (χ1n) is 5.69. The van der Waals surface area contributed by atoms with E-state index in [1.165, 1.54) is 0 Å². The second kappa shape index (κ2) is 6.51. The topological polar surface area (TPSA) is 44.5 Å². The fraction of sp³-hybridized carbons (Fsp3) is 0.538. The molecular weight excluding hydrogens is 202 g/mol. The maximum atomic E-state index is 5.77. The average Bonchev–Trinajstić information content (AvgIpc) is 2.27. The van der Waals surface area contributed by atoms with Gasteiger partial charge in [-0.3, -0.25) is 0 Å². The molecule has 1 atom stereocenters. The van der Waals surface area contributed by atoms with E-state index in [9.17, 15) is 0 Å². The van der Waals surface area contributed by atoms with Crippen LogP contribution in [0.15, 0.2) is 18.2 Å². The number of para-hydroxylation sites is 1. The maximum Gasteiger partial charge on any atom is 0.125 e. The second-order valence-electron chi connectivity index (χ2n) is 3.84. The van der Waals surface area contributed by atoms with Gasteiger partial charge in [-0.15, -0.1) is 0 Å². The number of hydrogen-bond donors (Lipinski definition) is 1. The normalized spacial score (nSPS) is 12.5. The van der Waals surface area contributed by atoms with Gasteiger partial charge in [0.1, 0.15) is 18.5 Å². The third-order valence-corrected chi connectivity index (χ3v) is 2.49. The van der Waals surface area contributed by atoms with Crippen molar-refractivity contribution in [2.75, 3.05) is 19.8 Å². The van der Waals surface area contributed by atoms with E-state index in [4.69, 9.17) is 15.2 Å². The van der Waals surface area contributed by atoms with E-state index in [1.54, 1.807) is 0 Å². The quantitative estimate of drug-likeness (QED) is 0.802. The van der Waals surface area contributed by atoms with Crippen molar-refractivity contribution < 1.29 is 9.47 Å². The van der Waals surface area contributed by atoms with Crippen molar-refractivity contribution in [2.45, 2.75) is 26.9 Å². The van der Waals surface area contributed by atoms with Crippen LogP contribution in [0.4, 0.5) is 0 Å². The van der Waals surface area contributed by atoms with E-state index >= 15 is 0 Å². The van der Waals surface area contributed by atoms with Gasteiger partial charge >= 0.3 is 0 Å². The standard InChI is InChI=1S/C13H21NO2/c1-4-15-12(8-14)9-16-13-10(2)6-5-7-11(13)3/h5-7,12H,4,8-9,14H2,1-3H3. The van der Waals surface area contributed by atoms with Crippen LogP contribution in [0.25, 0.3) is 0 Å². The molecule has 0 aliphatic heterocycles. The zero-order valence-electron chi connectivity index (χ0n) is 10.3. The van der Waals surface area contributed by atoms with Gasteiger partial charge in [-0.1, -0.05) is 18.2 Å². The third-order valence-electron chi connectivity index (χ3n) is 2.49. The monoisotopic (exact) mass is 223 g/mol. The lowest BCUT2D eigenvalue weighted by molar-refractivity contribution is 0.0333. The highest BCUT2D eigenvalue weighted by atomic mass is 16.5. The molecule has 1 unspecified atom stereocenters. The van der Waals surface area contributed by atoms with Crippen LogP contribution in [-0.2, 0) is 4.74 Å². The molecule has 0 aromatic heterocycles. The highest BCUT2D eigenvalue weighted by molar-refractivity contribution is 5.39. The number of rotatable bonds is 6. The van der Waals surface area contributed by atoms with E-state index in [2.05, 4.69) is 0 Å². The first-order valence-corrected chi connectivity index (χ1v) is 5.69. The van der Waals surface area contributed by atoms with Crippen molar-refractivity contribution >= 4 is 0 Å². The third kappa shape index (κ3) is 3.51. The molecule has 0 bridgehead atoms. The van der Waals surface area contributed by atoms with Gasteiger partial charge in [-0.05, 0) is 31.9 Å². The summed E-state index contributed by atoms with van der Waals surface area (Å²) >= 11 is 0. The summed E-state index contributed by atoms with van der Waals surface area (Å²) in [4.78, 5) is 0. The van der Waals surface area contributed by atoms with Crippen LogP contribution < -0.4 is 10.5 Å². The summed E-state index contributed by atoms with van der Waals surface area (Å²) < 4.78 is 11.2. The van der Waals surface area contributed by atoms with Gasteiger partial charge in [0.2, 0.25) is 0 Å². The van der Waals surface area contributed by atoms with Gasteiger partial charge < -0.3 is 15.2 Å². The first kappa shape index (κ1) is 13.0. The average molecular weight is 223 g/mol. The van der Waals surface area contributed by atoms with Crippen LogP contribution >= 0.6 is 0 Å². The molecule has 3 nitrogen and oxygen atoms in total. The Balaban J connectivity index is 2.59. The number of hydrogen-bond acceptors (Lipinski definition) is 3. The van der Waals surface area contributed by atoms with Crippen LogP contribution in [0.5, 0.6) is 5.75 Å². The number of aryl methyl sites for hydroxylation is 2. The smallest absolute Gasteiger partial charge is 0.125 e. The summed E-state index contributed by atoms with van der Waals surface area (Å²) in [6, 6.07) is 6.11. The summed E-state index contributed by atoms with van der Waals surface area (Å²) in [5, 5.41) is 0. The second-order valence-corrected chi connectivity index (χ2v) is 3.84. The predicted molar refractivity (Wildman–Crippen MR) is 65.9 cm³/mol. The van der Waals surface area contributed by atoms with E-state index in [1.807, 2.05) is 39.0 Å². The Morgan fingerprint density at radius 3 is 2.38 bits per heavy atom. The molecule has 1 rings (SSSR count). The van der Waals surface area contributed by atoms with Crippen LogP contribution in [0.2, 0.25) is 0 Å². The Bertz CT molecular complexity index is 305. The molecule has 0 fully saturated rings. The number of ether oxygens (including phenoxy) is 2. The minimum atomic E-state index is -0.0241. The Morgan fingerprint density at radius 2 is 1.88 bits per heavy atom. The molecule has 0 saturated carbocycles. The van der Waals surface area contributed by atoms with Gasteiger partial charge in [0.05, 0.1) is 0 Å². The van der Waals surface area contributed by atoms with Crippen molar-refractivity contribution in [3.05, 3.63) is 29.3 Å². The highest BCUT2D eigenvalue weighted by Crippen LogP contribution is 2.22. The molecule has 3 heteroatoms. The van der Waals surface area contributed by atoms with Crippen LogP contribution in [-0.4, -0.2) is 25.9 Å². The van der Waals surface area contributed by atoms with E-state index in [0.717, 1.165) is 16.9 Å². The van der Waals surface area contributed by atoms with Crippen LogP contribution in [0, 0.1) is 13.8 Å². The van der Waals surface area contributed by atoms with Crippen molar-refractivity contribution in [3.63, 3.8) is 0 Å². The highest BCUT2D eigenvalue weighted by Gasteiger charge is 2.09. The molecule has 1 aromatic carbocycles. The SMILES string of the molecule is CCOC(CN)COc1c(C)cccc1C. The van der Waals surface area contributed by atoms with Gasteiger partial charge in [0.25, 0.3) is 0 Å². The minimum absolute atomic E-state index is 0.0241. The van der Waals surface area contributed by atoms with Crippen molar-refractivity contribution in [2.24, 2.45) is 5.73 Å². The fourth-order valence-corrected chi connectivity index (χ4v) is 1.62. The molecule has 2 N–H and O–H groups in total. The molecule has 0 spiro atoms. The van der Waals surface area contributed by atoms with Crippen molar-refractivity contribution in [1.82, 2.24) is 0 Å². The lowest BCUT2D eigenvalue weighted by Crippen LogP contribution is -2.30. The summed E-state index contributed by atoms with van der Waals surface area (Å²) in [7, 11) is 0. The predicted octanol–water partition coefficient (Wildman–Crippen LogP) is 2.05. The Labute approximate surface area is 97.6 Å². The Kier molecular flexibility index (Phi) is 5.29. The summed E-state index contributed by atoms with van der Waals surface area (Å²) in [5.74, 6) is 0.945. The number of nitrogens with two attached hydrogens (primary N) is 1. The molecule has 0 radical (unpaired) electrons.